The van der Waals surface area contributed by atoms with E-state index in [4.69, 9.17) is 0 Å². The Balaban J connectivity index is 2.25. The summed E-state index contributed by atoms with van der Waals surface area (Å²) in [5.41, 5.74) is 0.129. The lowest BCUT2D eigenvalue weighted by Crippen LogP contribution is -2.22. The lowest BCUT2D eigenvalue weighted by atomic mass is 10.1. The van der Waals surface area contributed by atoms with E-state index >= 15 is 0 Å². The summed E-state index contributed by atoms with van der Waals surface area (Å²) in [6.45, 7) is 5.87. The first kappa shape index (κ1) is 14.5. The highest BCUT2D eigenvalue weighted by atomic mass is 32.2. The quantitative estimate of drug-likeness (QED) is 0.947. The van der Waals surface area contributed by atoms with Crippen LogP contribution in [0.4, 0.5) is 10.1 Å². The van der Waals surface area contributed by atoms with Crippen LogP contribution in [0.2, 0.25) is 0 Å². The first-order chi connectivity index (χ1) is 9.18. The van der Waals surface area contributed by atoms with Crippen molar-refractivity contribution in [2.75, 3.05) is 4.72 Å². The van der Waals surface area contributed by atoms with Gasteiger partial charge < -0.3 is 0 Å². The molecule has 2 rings (SSSR count). The number of halogens is 1. The summed E-state index contributed by atoms with van der Waals surface area (Å²) in [5.74, 6) is -0.482. The van der Waals surface area contributed by atoms with Crippen LogP contribution in [0.5, 0.6) is 0 Å². The van der Waals surface area contributed by atoms with E-state index in [1.807, 2.05) is 20.8 Å². The summed E-state index contributed by atoms with van der Waals surface area (Å²) in [4.78, 5) is 0.00223. The molecule has 0 atom stereocenters. The molecular weight excluding hydrogens is 281 g/mol. The predicted octanol–water partition coefficient (Wildman–Crippen LogP) is 2.58. The van der Waals surface area contributed by atoms with Gasteiger partial charge in [0, 0.05) is 6.20 Å². The molecular formula is C13H16FN3O2S. The zero-order valence-electron chi connectivity index (χ0n) is 11.5. The molecule has 0 saturated heterocycles. The Hall–Kier alpha value is -1.89. The molecule has 0 fully saturated rings. The molecule has 0 amide bonds. The first-order valence-electron chi connectivity index (χ1n) is 6.02. The number of sulfonamides is 1. The highest BCUT2D eigenvalue weighted by Crippen LogP contribution is 2.19. The molecule has 0 aliphatic rings. The van der Waals surface area contributed by atoms with Gasteiger partial charge >= 0.3 is 0 Å². The van der Waals surface area contributed by atoms with Crippen molar-refractivity contribution in [3.63, 3.8) is 0 Å². The normalized spacial score (nSPS) is 12.4. The van der Waals surface area contributed by atoms with E-state index < -0.39 is 15.8 Å². The number of hydrogen-bond donors (Lipinski definition) is 1. The molecule has 1 aromatic heterocycles. The molecule has 0 bridgehead atoms. The third-order valence-corrected chi connectivity index (χ3v) is 4.04. The molecule has 0 unspecified atom stereocenters. The Morgan fingerprint density at radius 3 is 2.30 bits per heavy atom. The molecule has 0 spiro atoms. The third-order valence-electron chi connectivity index (χ3n) is 2.65. The molecule has 1 aromatic carbocycles. The minimum absolute atomic E-state index is 0.00223. The number of nitrogens with zero attached hydrogens (tertiary/aromatic N) is 2. The van der Waals surface area contributed by atoms with Crippen LogP contribution < -0.4 is 4.72 Å². The second-order valence-electron chi connectivity index (χ2n) is 5.40. The molecule has 7 heteroatoms. The second kappa shape index (κ2) is 4.90. The van der Waals surface area contributed by atoms with E-state index in [-0.39, 0.29) is 10.4 Å². The molecule has 0 radical (unpaired) electrons. The topological polar surface area (TPSA) is 64.0 Å². The number of nitrogens with one attached hydrogen (secondary N) is 1. The van der Waals surface area contributed by atoms with Crippen LogP contribution in [0, 0.1) is 5.82 Å². The maximum Gasteiger partial charge on any atom is 0.261 e. The van der Waals surface area contributed by atoms with Crippen LogP contribution in [-0.4, -0.2) is 18.2 Å². The summed E-state index contributed by atoms with van der Waals surface area (Å²) < 4.78 is 41.1. The van der Waals surface area contributed by atoms with E-state index in [0.29, 0.717) is 5.69 Å². The average Bonchev–Trinajstić information content (AvgIpc) is 2.77. The van der Waals surface area contributed by atoms with Crippen LogP contribution in [0.25, 0.3) is 0 Å². The van der Waals surface area contributed by atoms with Gasteiger partial charge in [-0.1, -0.05) is 0 Å². The van der Waals surface area contributed by atoms with Crippen molar-refractivity contribution in [1.29, 1.82) is 0 Å². The molecule has 2 aromatic rings. The van der Waals surface area contributed by atoms with Crippen molar-refractivity contribution in [2.24, 2.45) is 0 Å². The number of hydrogen-bond acceptors (Lipinski definition) is 3. The Bertz CT molecular complexity index is 700. The number of anilines is 1. The van der Waals surface area contributed by atoms with Gasteiger partial charge in [0.1, 0.15) is 5.82 Å². The fourth-order valence-corrected chi connectivity index (χ4v) is 2.60. The Labute approximate surface area is 117 Å². The Kier molecular flexibility index (Phi) is 3.56. The molecule has 20 heavy (non-hydrogen) atoms. The predicted molar refractivity (Wildman–Crippen MR) is 74.4 cm³/mol. The van der Waals surface area contributed by atoms with Gasteiger partial charge in [0.2, 0.25) is 0 Å². The monoisotopic (exact) mass is 297 g/mol. The lowest BCUT2D eigenvalue weighted by Gasteiger charge is -2.18. The molecule has 1 N–H and O–H groups in total. The minimum atomic E-state index is -3.73. The van der Waals surface area contributed by atoms with Crippen LogP contribution >= 0.6 is 0 Å². The smallest absolute Gasteiger partial charge is 0.261 e. The first-order valence-corrected chi connectivity index (χ1v) is 7.50. The standard InChI is InChI=1S/C13H16FN3O2S/c1-13(2,3)17-9-11(8-15-17)16-20(18,19)12-6-4-10(14)5-7-12/h4-9,16H,1-3H3. The van der Waals surface area contributed by atoms with Gasteiger partial charge in [-0.3, -0.25) is 9.40 Å². The van der Waals surface area contributed by atoms with E-state index in [9.17, 15) is 12.8 Å². The van der Waals surface area contributed by atoms with Crippen molar-refractivity contribution in [1.82, 2.24) is 9.78 Å². The molecule has 0 saturated carbocycles. The summed E-state index contributed by atoms with van der Waals surface area (Å²) in [6, 6.07) is 4.64. The van der Waals surface area contributed by atoms with E-state index in [0.717, 1.165) is 12.1 Å². The van der Waals surface area contributed by atoms with Crippen LogP contribution in [0.1, 0.15) is 20.8 Å². The van der Waals surface area contributed by atoms with Gasteiger partial charge in [-0.2, -0.15) is 5.10 Å². The summed E-state index contributed by atoms with van der Waals surface area (Å²) in [6.07, 6.45) is 3.05. The highest BCUT2D eigenvalue weighted by Gasteiger charge is 2.18. The number of rotatable bonds is 3. The van der Waals surface area contributed by atoms with Gasteiger partial charge in [0.25, 0.3) is 10.0 Å². The summed E-state index contributed by atoms with van der Waals surface area (Å²) in [7, 11) is -3.73. The van der Waals surface area contributed by atoms with Crippen LogP contribution in [-0.2, 0) is 15.6 Å². The van der Waals surface area contributed by atoms with Gasteiger partial charge in [-0.05, 0) is 45.0 Å². The largest absolute Gasteiger partial charge is 0.276 e. The Morgan fingerprint density at radius 1 is 1.20 bits per heavy atom. The van der Waals surface area contributed by atoms with Crippen molar-refractivity contribution in [3.05, 3.63) is 42.5 Å². The summed E-state index contributed by atoms with van der Waals surface area (Å²) >= 11 is 0. The SMILES string of the molecule is CC(C)(C)n1cc(NS(=O)(=O)c2ccc(F)cc2)cn1. The van der Waals surface area contributed by atoms with Crippen molar-refractivity contribution in [2.45, 2.75) is 31.2 Å². The molecule has 1 heterocycles. The van der Waals surface area contributed by atoms with E-state index in [2.05, 4.69) is 9.82 Å². The number of benzene rings is 1. The molecule has 0 aliphatic heterocycles. The molecule has 0 aliphatic carbocycles. The average molecular weight is 297 g/mol. The maximum atomic E-state index is 12.8. The van der Waals surface area contributed by atoms with Crippen LogP contribution in [0.15, 0.2) is 41.6 Å². The zero-order valence-corrected chi connectivity index (χ0v) is 12.3. The Morgan fingerprint density at radius 2 is 1.80 bits per heavy atom. The van der Waals surface area contributed by atoms with Crippen molar-refractivity contribution in [3.8, 4) is 0 Å². The van der Waals surface area contributed by atoms with E-state index in [1.54, 1.807) is 10.9 Å². The molecule has 5 nitrogen and oxygen atoms in total. The van der Waals surface area contributed by atoms with Gasteiger partial charge in [-0.25, -0.2) is 12.8 Å². The zero-order chi connectivity index (χ0) is 15.0. The van der Waals surface area contributed by atoms with Gasteiger partial charge in [-0.15, -0.1) is 0 Å². The highest BCUT2D eigenvalue weighted by molar-refractivity contribution is 7.92. The van der Waals surface area contributed by atoms with Gasteiger partial charge in [0.05, 0.1) is 22.3 Å². The minimum Gasteiger partial charge on any atom is -0.276 e. The van der Waals surface area contributed by atoms with Crippen molar-refractivity contribution < 1.29 is 12.8 Å². The second-order valence-corrected chi connectivity index (χ2v) is 7.09. The fraction of sp³-hybridized carbons (Fsp3) is 0.308. The lowest BCUT2D eigenvalue weighted by molar-refractivity contribution is 0.355. The third kappa shape index (κ3) is 3.16. The van der Waals surface area contributed by atoms with E-state index in [1.165, 1.54) is 18.3 Å². The molecule has 108 valence electrons. The van der Waals surface area contributed by atoms with Crippen molar-refractivity contribution >= 4 is 15.7 Å². The maximum absolute atomic E-state index is 12.8. The number of aromatic nitrogens is 2. The van der Waals surface area contributed by atoms with Crippen LogP contribution in [0.3, 0.4) is 0 Å². The fourth-order valence-electron chi connectivity index (χ4n) is 1.57. The van der Waals surface area contributed by atoms with Gasteiger partial charge in [0.15, 0.2) is 0 Å². The summed E-state index contributed by atoms with van der Waals surface area (Å²) in [5, 5.41) is 4.11.